The van der Waals surface area contributed by atoms with E-state index in [-0.39, 0.29) is 17.3 Å². The van der Waals surface area contributed by atoms with Gasteiger partial charge in [-0.3, -0.25) is 4.79 Å². The third kappa shape index (κ3) is 3.51. The maximum Gasteiger partial charge on any atom is 0.277 e. The molecule has 1 aromatic heterocycles. The van der Waals surface area contributed by atoms with Crippen LogP contribution >= 0.6 is 0 Å². The number of benzene rings is 1. The van der Waals surface area contributed by atoms with Crippen molar-refractivity contribution in [3.05, 3.63) is 41.3 Å². The number of carbonyl (C=O) groups is 1. The van der Waals surface area contributed by atoms with Gasteiger partial charge in [0.05, 0.1) is 13.1 Å². The Balaban J connectivity index is 1.69. The number of nitrogens with zero attached hydrogens (tertiary/aromatic N) is 2. The van der Waals surface area contributed by atoms with Crippen LogP contribution in [-0.4, -0.2) is 29.3 Å². The lowest BCUT2D eigenvalue weighted by Gasteiger charge is -2.04. The highest BCUT2D eigenvalue weighted by molar-refractivity contribution is 5.95. The number of nitrogens with one attached hydrogen (secondary N) is 1. The van der Waals surface area contributed by atoms with E-state index in [1.807, 2.05) is 5.32 Å². The molecule has 0 aliphatic rings. The second-order valence-electron chi connectivity index (χ2n) is 4.13. The third-order valence-electron chi connectivity index (χ3n) is 2.69. The molecule has 0 bridgehead atoms. The van der Waals surface area contributed by atoms with Crippen molar-refractivity contribution >= 4 is 11.7 Å². The predicted molar refractivity (Wildman–Crippen MR) is 67.9 cm³/mol. The molecule has 8 heteroatoms. The highest BCUT2D eigenvalue weighted by atomic mass is 19.1. The van der Waals surface area contributed by atoms with Gasteiger partial charge in [0.2, 0.25) is 11.5 Å². The number of hydrogen-bond donors (Lipinski definition) is 3. The summed E-state index contributed by atoms with van der Waals surface area (Å²) in [4.78, 5) is 11.6. The number of halogens is 1. The first-order valence-electron chi connectivity index (χ1n) is 6.10. The van der Waals surface area contributed by atoms with Crippen LogP contribution < -0.4 is 16.4 Å². The van der Waals surface area contributed by atoms with E-state index in [0.717, 1.165) is 0 Å². The van der Waals surface area contributed by atoms with Gasteiger partial charge >= 0.3 is 0 Å². The van der Waals surface area contributed by atoms with Crippen molar-refractivity contribution in [1.82, 2.24) is 15.6 Å². The highest BCUT2D eigenvalue weighted by Gasteiger charge is 2.15. The number of hydrogen-bond acceptors (Lipinski definition) is 5. The van der Waals surface area contributed by atoms with E-state index in [1.54, 1.807) is 18.2 Å². The van der Waals surface area contributed by atoms with Gasteiger partial charge in [-0.25, -0.2) is 9.02 Å². The molecule has 0 atom stereocenters. The first-order valence-corrected chi connectivity index (χ1v) is 6.10. The molecule has 5 N–H and O–H groups in total. The van der Waals surface area contributed by atoms with Crippen molar-refractivity contribution in [2.75, 3.05) is 18.8 Å². The fourth-order valence-electron chi connectivity index (χ4n) is 1.65. The summed E-state index contributed by atoms with van der Waals surface area (Å²) in [5.74, 6) is -0.713. The molecule has 0 radical (unpaired) electrons. The Bertz CT molecular complexity index is 587. The number of anilines is 1. The molecule has 106 valence electrons. The first-order chi connectivity index (χ1) is 9.68. The largest absolute Gasteiger partial charge is 0.379 e. The average molecular weight is 280 g/mol. The molecule has 0 saturated carbocycles. The standard InChI is InChI=1S/C12H14FN5O2/c13-9-4-2-1-3-8(9)7-15-5-6-16-12(19)10-11(14)18-20-17-10/h1-4,15H,5-7H2,(H2,14,18)(H,16,19)/p+1. The zero-order valence-electron chi connectivity index (χ0n) is 10.7. The van der Waals surface area contributed by atoms with Gasteiger partial charge in [-0.2, -0.15) is 0 Å². The molecule has 0 aliphatic heterocycles. The Kier molecular flexibility index (Phi) is 4.61. The Hall–Kier alpha value is -2.48. The number of amides is 1. The molecule has 2 rings (SSSR count). The first kappa shape index (κ1) is 13.9. The van der Waals surface area contributed by atoms with E-state index in [2.05, 4.69) is 20.3 Å². The lowest BCUT2D eigenvalue weighted by Crippen LogP contribution is -2.84. The van der Waals surface area contributed by atoms with Gasteiger partial charge in [-0.1, -0.05) is 18.2 Å². The molecule has 1 heterocycles. The zero-order chi connectivity index (χ0) is 14.4. The van der Waals surface area contributed by atoms with Crippen LogP contribution in [0.15, 0.2) is 28.9 Å². The SMILES string of the molecule is Nc1nonc1C(=O)NCC[NH2+]Cc1ccccc1F. The Morgan fingerprint density at radius 3 is 2.90 bits per heavy atom. The minimum absolute atomic E-state index is 0.0286. The number of nitrogens with two attached hydrogens (primary N) is 2. The Morgan fingerprint density at radius 2 is 2.20 bits per heavy atom. The summed E-state index contributed by atoms with van der Waals surface area (Å²) in [7, 11) is 0. The number of aromatic nitrogens is 2. The van der Waals surface area contributed by atoms with E-state index in [4.69, 9.17) is 5.73 Å². The molecule has 0 unspecified atom stereocenters. The van der Waals surface area contributed by atoms with E-state index >= 15 is 0 Å². The Labute approximate surface area is 114 Å². The van der Waals surface area contributed by atoms with Crippen LogP contribution in [0.25, 0.3) is 0 Å². The number of rotatable bonds is 6. The van der Waals surface area contributed by atoms with E-state index < -0.39 is 5.91 Å². The fourth-order valence-corrected chi connectivity index (χ4v) is 1.65. The molecular weight excluding hydrogens is 265 g/mol. The summed E-state index contributed by atoms with van der Waals surface area (Å²) in [6, 6.07) is 6.58. The third-order valence-corrected chi connectivity index (χ3v) is 2.69. The molecule has 20 heavy (non-hydrogen) atoms. The van der Waals surface area contributed by atoms with E-state index in [9.17, 15) is 9.18 Å². The summed E-state index contributed by atoms with van der Waals surface area (Å²) in [6.45, 7) is 1.51. The van der Waals surface area contributed by atoms with E-state index in [0.29, 0.717) is 25.2 Å². The Morgan fingerprint density at radius 1 is 1.40 bits per heavy atom. The van der Waals surface area contributed by atoms with Crippen LogP contribution in [-0.2, 0) is 6.54 Å². The molecule has 1 amide bonds. The lowest BCUT2D eigenvalue weighted by molar-refractivity contribution is -0.669. The molecule has 0 fully saturated rings. The van der Waals surface area contributed by atoms with Crippen molar-refractivity contribution in [2.45, 2.75) is 6.54 Å². The predicted octanol–water partition coefficient (Wildman–Crippen LogP) is -0.716. The maximum atomic E-state index is 13.3. The van der Waals surface area contributed by atoms with Crippen LogP contribution in [0.3, 0.4) is 0 Å². The van der Waals surface area contributed by atoms with Gasteiger partial charge in [0.15, 0.2) is 0 Å². The quantitative estimate of drug-likeness (QED) is 0.605. The van der Waals surface area contributed by atoms with Crippen molar-refractivity contribution in [3.63, 3.8) is 0 Å². The maximum absolute atomic E-state index is 13.3. The van der Waals surface area contributed by atoms with Gasteiger partial charge in [-0.15, -0.1) is 0 Å². The van der Waals surface area contributed by atoms with Crippen molar-refractivity contribution in [3.8, 4) is 0 Å². The summed E-state index contributed by atoms with van der Waals surface area (Å²) in [5.41, 5.74) is 5.99. The topological polar surface area (TPSA) is 111 Å². The van der Waals surface area contributed by atoms with Crippen molar-refractivity contribution < 1.29 is 19.1 Å². The summed E-state index contributed by atoms with van der Waals surface area (Å²) >= 11 is 0. The zero-order valence-corrected chi connectivity index (χ0v) is 10.7. The van der Waals surface area contributed by atoms with Gasteiger partial charge in [0, 0.05) is 5.56 Å². The van der Waals surface area contributed by atoms with Crippen LogP contribution in [0.4, 0.5) is 10.2 Å². The summed E-state index contributed by atoms with van der Waals surface area (Å²) in [6.07, 6.45) is 0. The summed E-state index contributed by atoms with van der Waals surface area (Å²) < 4.78 is 17.7. The molecule has 2 aromatic rings. The van der Waals surface area contributed by atoms with Crippen molar-refractivity contribution in [2.24, 2.45) is 0 Å². The normalized spacial score (nSPS) is 10.4. The number of quaternary nitrogens is 1. The molecule has 0 aliphatic carbocycles. The van der Waals surface area contributed by atoms with E-state index in [1.165, 1.54) is 6.07 Å². The lowest BCUT2D eigenvalue weighted by atomic mass is 10.2. The highest BCUT2D eigenvalue weighted by Crippen LogP contribution is 2.03. The number of nitrogen functional groups attached to an aromatic ring is 1. The molecule has 0 saturated heterocycles. The van der Waals surface area contributed by atoms with Crippen LogP contribution in [0.5, 0.6) is 0 Å². The minimum atomic E-state index is -0.442. The molecule has 1 aromatic carbocycles. The van der Waals surface area contributed by atoms with Gasteiger partial charge in [0.1, 0.15) is 12.4 Å². The van der Waals surface area contributed by atoms with Crippen LogP contribution in [0, 0.1) is 5.82 Å². The molecule has 0 spiro atoms. The molecule has 7 nitrogen and oxygen atoms in total. The minimum Gasteiger partial charge on any atom is -0.379 e. The second-order valence-corrected chi connectivity index (χ2v) is 4.13. The van der Waals surface area contributed by atoms with Gasteiger partial charge < -0.3 is 16.4 Å². The van der Waals surface area contributed by atoms with Gasteiger partial charge in [-0.05, 0) is 16.4 Å². The summed E-state index contributed by atoms with van der Waals surface area (Å²) in [5, 5.41) is 11.2. The fraction of sp³-hybridized carbons (Fsp3) is 0.250. The average Bonchev–Trinajstić information content (AvgIpc) is 2.86. The van der Waals surface area contributed by atoms with Crippen molar-refractivity contribution in [1.29, 1.82) is 0 Å². The monoisotopic (exact) mass is 280 g/mol. The van der Waals surface area contributed by atoms with Crippen LogP contribution in [0.1, 0.15) is 16.1 Å². The smallest absolute Gasteiger partial charge is 0.277 e. The second kappa shape index (κ2) is 6.62. The molecular formula is C12H15FN5O2+. The van der Waals surface area contributed by atoms with Crippen LogP contribution in [0.2, 0.25) is 0 Å². The number of carbonyl (C=O) groups excluding carboxylic acids is 1. The van der Waals surface area contributed by atoms with Gasteiger partial charge in [0.25, 0.3) is 5.91 Å².